The molecule has 0 saturated heterocycles. The highest BCUT2D eigenvalue weighted by atomic mass is 19.1. The molecule has 0 spiro atoms. The number of carbonyl (C=O) groups is 1. The molecule has 2 fully saturated rings. The normalized spacial score (nSPS) is 22.3. The Bertz CT molecular complexity index is 682. The van der Waals surface area contributed by atoms with Crippen LogP contribution in [0.2, 0.25) is 0 Å². The van der Waals surface area contributed by atoms with E-state index in [-0.39, 0.29) is 17.8 Å². The summed E-state index contributed by atoms with van der Waals surface area (Å²) >= 11 is 0. The van der Waals surface area contributed by atoms with E-state index in [1.165, 1.54) is 76.3 Å². The van der Waals surface area contributed by atoms with Crippen LogP contribution in [0.25, 0.3) is 0 Å². The highest BCUT2D eigenvalue weighted by molar-refractivity contribution is 5.89. The Balaban J connectivity index is 1.59. The average molecular weight is 435 g/mol. The van der Waals surface area contributed by atoms with Gasteiger partial charge in [0.1, 0.15) is 11.6 Å². The molecule has 0 aliphatic heterocycles. The van der Waals surface area contributed by atoms with Gasteiger partial charge in [-0.05, 0) is 56.1 Å². The molecule has 5 heteroatoms. The topological polar surface area (TPSA) is 32.3 Å². The van der Waals surface area contributed by atoms with Crippen LogP contribution >= 0.6 is 0 Å². The standard InChI is InChI=1S/C26H40F2N2O/c1-2-3-4-5-9-18-30(26(31)29-25-17-14-22(27)19-24(25)28)23-15-12-21(13-16-23)20-10-7-6-8-11-20/h14,17,19-21,23H,2-13,15-16,18H2,1H3,(H,29,31)/t21-,23+. The number of carbonyl (C=O) groups excluding carboxylic acids is 1. The summed E-state index contributed by atoms with van der Waals surface area (Å²) in [5.74, 6) is 0.321. The molecule has 3 rings (SSSR count). The number of anilines is 1. The monoisotopic (exact) mass is 434 g/mol. The second-order valence-electron chi connectivity index (χ2n) is 9.63. The Morgan fingerprint density at radius 2 is 1.61 bits per heavy atom. The van der Waals surface area contributed by atoms with Gasteiger partial charge in [0.05, 0.1) is 5.69 Å². The number of rotatable bonds is 9. The molecule has 174 valence electrons. The van der Waals surface area contributed by atoms with Gasteiger partial charge in [-0.3, -0.25) is 0 Å². The third-order valence-electron chi connectivity index (χ3n) is 7.43. The number of nitrogens with zero attached hydrogens (tertiary/aromatic N) is 1. The fourth-order valence-corrected chi connectivity index (χ4v) is 5.60. The van der Waals surface area contributed by atoms with Crippen LogP contribution < -0.4 is 5.32 Å². The van der Waals surface area contributed by atoms with E-state index >= 15 is 0 Å². The predicted octanol–water partition coefficient (Wildman–Crippen LogP) is 7.91. The zero-order valence-corrected chi connectivity index (χ0v) is 19.2. The van der Waals surface area contributed by atoms with Crippen LogP contribution in [-0.4, -0.2) is 23.5 Å². The number of urea groups is 1. The smallest absolute Gasteiger partial charge is 0.322 e. The Morgan fingerprint density at radius 3 is 2.29 bits per heavy atom. The highest BCUT2D eigenvalue weighted by Gasteiger charge is 2.32. The minimum atomic E-state index is -0.725. The van der Waals surface area contributed by atoms with Crippen molar-refractivity contribution in [2.45, 2.75) is 103 Å². The number of halogens is 2. The molecule has 0 radical (unpaired) electrons. The second kappa shape index (κ2) is 12.4. The molecule has 31 heavy (non-hydrogen) atoms. The zero-order valence-electron chi connectivity index (χ0n) is 19.2. The van der Waals surface area contributed by atoms with Crippen molar-refractivity contribution in [3.63, 3.8) is 0 Å². The maximum atomic E-state index is 14.1. The zero-order chi connectivity index (χ0) is 22.1. The van der Waals surface area contributed by atoms with E-state index in [0.29, 0.717) is 6.54 Å². The van der Waals surface area contributed by atoms with Crippen molar-refractivity contribution in [3.8, 4) is 0 Å². The Morgan fingerprint density at radius 1 is 0.935 bits per heavy atom. The summed E-state index contributed by atoms with van der Waals surface area (Å²) < 4.78 is 27.3. The summed E-state index contributed by atoms with van der Waals surface area (Å²) in [6.45, 7) is 2.90. The van der Waals surface area contributed by atoms with E-state index in [4.69, 9.17) is 0 Å². The van der Waals surface area contributed by atoms with Gasteiger partial charge in [0, 0.05) is 18.7 Å². The molecule has 0 aromatic heterocycles. The third-order valence-corrected chi connectivity index (χ3v) is 7.43. The van der Waals surface area contributed by atoms with Crippen molar-refractivity contribution in [2.24, 2.45) is 11.8 Å². The first-order valence-electron chi connectivity index (χ1n) is 12.6. The summed E-state index contributed by atoms with van der Waals surface area (Å²) in [5, 5.41) is 2.71. The molecule has 1 aromatic carbocycles. The van der Waals surface area contributed by atoms with Crippen molar-refractivity contribution < 1.29 is 13.6 Å². The molecule has 2 aliphatic rings. The van der Waals surface area contributed by atoms with Crippen molar-refractivity contribution in [2.75, 3.05) is 11.9 Å². The van der Waals surface area contributed by atoms with Crippen LogP contribution in [0.1, 0.15) is 96.8 Å². The van der Waals surface area contributed by atoms with Crippen molar-refractivity contribution in [3.05, 3.63) is 29.8 Å². The van der Waals surface area contributed by atoms with E-state index < -0.39 is 11.6 Å². The van der Waals surface area contributed by atoms with Gasteiger partial charge in [-0.25, -0.2) is 13.6 Å². The molecule has 0 atom stereocenters. The number of benzene rings is 1. The molecule has 0 bridgehead atoms. The van der Waals surface area contributed by atoms with Crippen LogP contribution in [0.4, 0.5) is 19.3 Å². The first-order valence-corrected chi connectivity index (χ1v) is 12.6. The summed E-state index contributed by atoms with van der Waals surface area (Å²) in [6, 6.07) is 3.28. The summed E-state index contributed by atoms with van der Waals surface area (Å²) in [5.41, 5.74) is 0.0540. The lowest BCUT2D eigenvalue weighted by molar-refractivity contribution is 0.122. The van der Waals surface area contributed by atoms with E-state index in [1.54, 1.807) is 0 Å². The number of nitrogens with one attached hydrogen (secondary N) is 1. The minimum absolute atomic E-state index is 0.0540. The highest BCUT2D eigenvalue weighted by Crippen LogP contribution is 2.39. The quantitative estimate of drug-likeness (QED) is 0.393. The first kappa shape index (κ1) is 24.0. The Labute approximate surface area is 187 Å². The average Bonchev–Trinajstić information content (AvgIpc) is 2.79. The third kappa shape index (κ3) is 7.18. The summed E-state index contributed by atoms with van der Waals surface area (Å²) in [7, 11) is 0. The van der Waals surface area contributed by atoms with Gasteiger partial charge in [-0.2, -0.15) is 0 Å². The van der Waals surface area contributed by atoms with E-state index in [2.05, 4.69) is 12.2 Å². The SMILES string of the molecule is CCCCCCCN(C(=O)Nc1ccc(F)cc1F)[C@H]1CC[C@@H](C2CCCCC2)CC1. The molecule has 2 aliphatic carbocycles. The summed E-state index contributed by atoms with van der Waals surface area (Å²) in [6.07, 6.45) is 17.0. The Hall–Kier alpha value is -1.65. The maximum absolute atomic E-state index is 14.1. The first-order chi connectivity index (χ1) is 15.1. The molecular weight excluding hydrogens is 394 g/mol. The van der Waals surface area contributed by atoms with Gasteiger partial charge in [0.2, 0.25) is 0 Å². The van der Waals surface area contributed by atoms with E-state index in [1.807, 2.05) is 4.90 Å². The molecular formula is C26H40F2N2O. The van der Waals surface area contributed by atoms with E-state index in [9.17, 15) is 13.6 Å². The fourth-order valence-electron chi connectivity index (χ4n) is 5.60. The van der Waals surface area contributed by atoms with Gasteiger partial charge in [-0.1, -0.05) is 64.7 Å². The van der Waals surface area contributed by atoms with Gasteiger partial charge < -0.3 is 10.2 Å². The second-order valence-corrected chi connectivity index (χ2v) is 9.63. The van der Waals surface area contributed by atoms with Crippen LogP contribution in [0, 0.1) is 23.5 Å². The van der Waals surface area contributed by atoms with Gasteiger partial charge in [0.15, 0.2) is 0 Å². The van der Waals surface area contributed by atoms with E-state index in [0.717, 1.165) is 43.6 Å². The molecule has 0 heterocycles. The maximum Gasteiger partial charge on any atom is 0.322 e. The van der Waals surface area contributed by atoms with Crippen LogP contribution in [-0.2, 0) is 0 Å². The molecule has 2 amide bonds. The minimum Gasteiger partial charge on any atom is -0.322 e. The van der Waals surface area contributed by atoms with Crippen LogP contribution in [0.15, 0.2) is 18.2 Å². The van der Waals surface area contributed by atoms with Crippen molar-refractivity contribution in [1.29, 1.82) is 0 Å². The molecule has 0 unspecified atom stereocenters. The molecule has 3 nitrogen and oxygen atoms in total. The van der Waals surface area contributed by atoms with Crippen molar-refractivity contribution >= 4 is 11.7 Å². The molecule has 2 saturated carbocycles. The van der Waals surface area contributed by atoms with Crippen LogP contribution in [0.3, 0.4) is 0 Å². The number of hydrogen-bond donors (Lipinski definition) is 1. The van der Waals surface area contributed by atoms with Gasteiger partial charge in [0.25, 0.3) is 0 Å². The lowest BCUT2D eigenvalue weighted by Crippen LogP contribution is -2.45. The van der Waals surface area contributed by atoms with Crippen molar-refractivity contribution in [1.82, 2.24) is 4.90 Å². The van der Waals surface area contributed by atoms with Crippen LogP contribution in [0.5, 0.6) is 0 Å². The summed E-state index contributed by atoms with van der Waals surface area (Å²) in [4.78, 5) is 15.0. The predicted molar refractivity (Wildman–Crippen MR) is 123 cm³/mol. The van der Waals surface area contributed by atoms with Gasteiger partial charge in [-0.15, -0.1) is 0 Å². The number of amides is 2. The van der Waals surface area contributed by atoms with Gasteiger partial charge >= 0.3 is 6.03 Å². The molecule has 1 aromatic rings. The lowest BCUT2D eigenvalue weighted by Gasteiger charge is -2.40. The molecule has 1 N–H and O–H groups in total. The Kier molecular flexibility index (Phi) is 9.60. The fraction of sp³-hybridized carbons (Fsp3) is 0.731. The lowest BCUT2D eigenvalue weighted by atomic mass is 9.72. The largest absolute Gasteiger partial charge is 0.322 e. The number of unbranched alkanes of at least 4 members (excludes halogenated alkanes) is 4. The number of hydrogen-bond acceptors (Lipinski definition) is 1.